The molecule has 0 aliphatic carbocycles. The molecule has 0 saturated carbocycles. The van der Waals surface area contributed by atoms with E-state index in [0.29, 0.717) is 11.6 Å². The third kappa shape index (κ3) is 4.92. The predicted molar refractivity (Wildman–Crippen MR) is 105 cm³/mol. The van der Waals surface area contributed by atoms with Gasteiger partial charge in [-0.15, -0.1) is 0 Å². The molecule has 1 heterocycles. The van der Waals surface area contributed by atoms with E-state index < -0.39 is 5.92 Å². The lowest BCUT2D eigenvalue weighted by Gasteiger charge is -2.30. The Kier molecular flexibility index (Phi) is 7.65. The minimum Gasteiger partial charge on any atom is -0.303 e. The van der Waals surface area contributed by atoms with Gasteiger partial charge in [0.1, 0.15) is 5.92 Å². The molecule has 0 aromatic heterocycles. The van der Waals surface area contributed by atoms with Crippen LogP contribution in [0.25, 0.3) is 0 Å². The first-order valence-electron chi connectivity index (χ1n) is 8.99. The number of aliphatic imine (C=N–C) groups is 1. The average molecular weight is 362 g/mol. The number of amides is 2. The van der Waals surface area contributed by atoms with Crippen LogP contribution < -0.4 is 4.90 Å². The van der Waals surface area contributed by atoms with Crippen LogP contribution in [0.5, 0.6) is 0 Å². The van der Waals surface area contributed by atoms with Crippen molar-refractivity contribution < 1.29 is 9.59 Å². The quantitative estimate of drug-likeness (QED) is 0.666. The van der Waals surface area contributed by atoms with Gasteiger partial charge in [0, 0.05) is 12.3 Å². The van der Waals surface area contributed by atoms with Crippen LogP contribution >= 0.6 is 11.8 Å². The Morgan fingerprint density at radius 2 is 1.80 bits per heavy atom. The number of rotatable bonds is 8. The second-order valence-corrected chi connectivity index (χ2v) is 7.02. The molecule has 0 unspecified atom stereocenters. The summed E-state index contributed by atoms with van der Waals surface area (Å²) in [6.07, 6.45) is 1.33. The molecule has 0 fully saturated rings. The van der Waals surface area contributed by atoms with Gasteiger partial charge < -0.3 is 4.90 Å². The van der Waals surface area contributed by atoms with E-state index in [1.165, 1.54) is 11.8 Å². The predicted octanol–water partition coefficient (Wildman–Crippen LogP) is 3.41. The summed E-state index contributed by atoms with van der Waals surface area (Å²) >= 11 is 1.48. The van der Waals surface area contributed by atoms with Gasteiger partial charge in [-0.2, -0.15) is 4.99 Å². The van der Waals surface area contributed by atoms with E-state index in [0.717, 1.165) is 37.5 Å². The van der Waals surface area contributed by atoms with E-state index in [4.69, 9.17) is 0 Å². The number of hydrogen-bond acceptors (Lipinski definition) is 4. The molecule has 1 aromatic carbocycles. The van der Waals surface area contributed by atoms with Gasteiger partial charge in [-0.05, 0) is 31.6 Å². The lowest BCUT2D eigenvalue weighted by Crippen LogP contribution is -2.47. The van der Waals surface area contributed by atoms with Crippen molar-refractivity contribution >= 4 is 34.4 Å². The first kappa shape index (κ1) is 19.7. The number of hydrogen-bond donors (Lipinski definition) is 0. The van der Waals surface area contributed by atoms with Gasteiger partial charge in [-0.3, -0.25) is 14.5 Å². The zero-order valence-electron chi connectivity index (χ0n) is 15.3. The number of para-hydroxylation sites is 1. The van der Waals surface area contributed by atoms with Gasteiger partial charge in [0.15, 0.2) is 5.17 Å². The first-order valence-corrected chi connectivity index (χ1v) is 9.97. The molecule has 1 atom stereocenters. The molecule has 0 saturated heterocycles. The van der Waals surface area contributed by atoms with Crippen LogP contribution in [-0.2, 0) is 9.59 Å². The van der Waals surface area contributed by atoms with Crippen molar-refractivity contribution in [3.8, 4) is 0 Å². The maximum Gasteiger partial charge on any atom is 0.260 e. The molecule has 1 aromatic rings. The van der Waals surface area contributed by atoms with Crippen LogP contribution in [0.1, 0.15) is 33.6 Å². The molecule has 0 spiro atoms. The highest BCUT2D eigenvalue weighted by Crippen LogP contribution is 2.28. The number of thioether (sulfide) groups is 1. The summed E-state index contributed by atoms with van der Waals surface area (Å²) in [5, 5.41) is 0.501. The average Bonchev–Trinajstić information content (AvgIpc) is 2.63. The Labute approximate surface area is 154 Å². The van der Waals surface area contributed by atoms with E-state index >= 15 is 0 Å². The van der Waals surface area contributed by atoms with E-state index in [9.17, 15) is 9.59 Å². The highest BCUT2D eigenvalue weighted by molar-refractivity contribution is 8.14. The van der Waals surface area contributed by atoms with Crippen molar-refractivity contribution in [1.29, 1.82) is 0 Å². The summed E-state index contributed by atoms with van der Waals surface area (Å²) in [4.78, 5) is 33.5. The summed E-state index contributed by atoms with van der Waals surface area (Å²) in [6, 6.07) is 9.48. The maximum atomic E-state index is 12.9. The molecule has 2 amide bonds. The van der Waals surface area contributed by atoms with Crippen LogP contribution in [0.15, 0.2) is 35.3 Å². The van der Waals surface area contributed by atoms with Gasteiger partial charge in [-0.25, -0.2) is 0 Å². The van der Waals surface area contributed by atoms with E-state index in [1.807, 2.05) is 37.3 Å². The topological polar surface area (TPSA) is 53.0 Å². The fraction of sp³-hybridized carbons (Fsp3) is 0.526. The molecule has 25 heavy (non-hydrogen) atoms. The number of amidine groups is 1. The Balaban J connectivity index is 2.22. The molecule has 0 radical (unpaired) electrons. The fourth-order valence-electron chi connectivity index (χ4n) is 2.83. The van der Waals surface area contributed by atoms with Crippen molar-refractivity contribution in [1.82, 2.24) is 4.90 Å². The third-order valence-electron chi connectivity index (χ3n) is 4.34. The van der Waals surface area contributed by atoms with Gasteiger partial charge in [0.25, 0.3) is 5.91 Å². The van der Waals surface area contributed by atoms with Gasteiger partial charge in [0.2, 0.25) is 5.91 Å². The molecule has 136 valence electrons. The second-order valence-electron chi connectivity index (χ2n) is 5.96. The zero-order chi connectivity index (χ0) is 18.2. The first-order chi connectivity index (χ1) is 12.1. The Bertz CT molecular complexity index is 614. The van der Waals surface area contributed by atoms with Gasteiger partial charge in [-0.1, -0.05) is 57.2 Å². The van der Waals surface area contributed by atoms with Crippen molar-refractivity contribution in [3.05, 3.63) is 30.3 Å². The van der Waals surface area contributed by atoms with E-state index in [1.54, 1.807) is 4.90 Å². The van der Waals surface area contributed by atoms with Crippen LogP contribution in [-0.4, -0.2) is 47.3 Å². The molecule has 6 heteroatoms. The van der Waals surface area contributed by atoms with E-state index in [2.05, 4.69) is 23.7 Å². The normalized spacial score (nSPS) is 18.0. The summed E-state index contributed by atoms with van der Waals surface area (Å²) in [6.45, 7) is 9.12. The van der Waals surface area contributed by atoms with Crippen molar-refractivity contribution in [2.45, 2.75) is 33.6 Å². The number of carbonyl (C=O) groups is 2. The molecule has 1 aliphatic rings. The van der Waals surface area contributed by atoms with Gasteiger partial charge in [0.05, 0.1) is 5.69 Å². The summed E-state index contributed by atoms with van der Waals surface area (Å²) in [5.74, 6) is -0.317. The smallest absolute Gasteiger partial charge is 0.260 e. The molecule has 2 rings (SSSR count). The molecular formula is C19H27N3O2S. The van der Waals surface area contributed by atoms with Crippen molar-refractivity contribution in [2.24, 2.45) is 10.9 Å². The maximum absolute atomic E-state index is 12.9. The van der Waals surface area contributed by atoms with Crippen molar-refractivity contribution in [3.63, 3.8) is 0 Å². The van der Waals surface area contributed by atoms with Crippen LogP contribution in [0.2, 0.25) is 0 Å². The van der Waals surface area contributed by atoms with E-state index in [-0.39, 0.29) is 11.8 Å². The lowest BCUT2D eigenvalue weighted by atomic mass is 10.00. The SMILES string of the molecule is CCC[C@H]1C(=O)N=C(SCCN(CC)CC)N(c2ccccc2)C1=O. The lowest BCUT2D eigenvalue weighted by molar-refractivity contribution is -0.132. The van der Waals surface area contributed by atoms with Crippen molar-refractivity contribution in [2.75, 3.05) is 30.3 Å². The largest absolute Gasteiger partial charge is 0.303 e. The summed E-state index contributed by atoms with van der Waals surface area (Å²) < 4.78 is 0. The zero-order valence-corrected chi connectivity index (χ0v) is 16.1. The van der Waals surface area contributed by atoms with Crippen LogP contribution in [0, 0.1) is 5.92 Å². The fourth-order valence-corrected chi connectivity index (χ4v) is 3.84. The third-order valence-corrected chi connectivity index (χ3v) is 5.26. The highest BCUT2D eigenvalue weighted by atomic mass is 32.2. The number of anilines is 1. The highest BCUT2D eigenvalue weighted by Gasteiger charge is 2.38. The van der Waals surface area contributed by atoms with Gasteiger partial charge >= 0.3 is 0 Å². The molecule has 0 bridgehead atoms. The Hall–Kier alpha value is -1.66. The minimum atomic E-state index is -0.655. The molecule has 5 nitrogen and oxygen atoms in total. The Morgan fingerprint density at radius 1 is 1.12 bits per heavy atom. The summed E-state index contributed by atoms with van der Waals surface area (Å²) in [7, 11) is 0. The number of benzene rings is 1. The monoisotopic (exact) mass is 361 g/mol. The molecule has 0 N–H and O–H groups in total. The number of nitrogens with zero attached hydrogens (tertiary/aromatic N) is 3. The van der Waals surface area contributed by atoms with Crippen LogP contribution in [0.4, 0.5) is 5.69 Å². The standard InChI is InChI=1S/C19H27N3O2S/c1-4-10-16-17(23)20-19(25-14-13-21(5-2)6-3)22(18(16)24)15-11-8-7-9-12-15/h7-9,11-12,16H,4-6,10,13-14H2,1-3H3/t16-/m0/s1. The Morgan fingerprint density at radius 3 is 2.40 bits per heavy atom. The molecular weight excluding hydrogens is 334 g/mol. The van der Waals surface area contributed by atoms with Crippen LogP contribution in [0.3, 0.4) is 0 Å². The second kappa shape index (κ2) is 9.73. The minimum absolute atomic E-state index is 0.154. The number of carbonyl (C=O) groups excluding carboxylic acids is 2. The molecule has 1 aliphatic heterocycles. The summed E-state index contributed by atoms with van der Waals surface area (Å²) in [5.41, 5.74) is 0.773.